The molecule has 0 atom stereocenters. The Kier molecular flexibility index (Phi) is 4.22. The first-order chi connectivity index (χ1) is 4.33. The van der Waals surface area contributed by atoms with Crippen molar-refractivity contribution in [3.05, 3.63) is 29.8 Å². The standard InChI is InChI=1S/C7H9N2.Li.H/c8-5-6-2-1-3-7(9)4-6;;/h1,3-4H,5,8-9H2;;. The number of anilines is 1. The van der Waals surface area contributed by atoms with Gasteiger partial charge in [0.05, 0.1) is 0 Å². The molecule has 0 saturated heterocycles. The molecule has 1 rings (SSSR count). The summed E-state index contributed by atoms with van der Waals surface area (Å²) in [4.78, 5) is 0. The van der Waals surface area contributed by atoms with E-state index in [9.17, 15) is 0 Å². The molecule has 10 heavy (non-hydrogen) atoms. The summed E-state index contributed by atoms with van der Waals surface area (Å²) in [5, 5.41) is 0. The van der Waals surface area contributed by atoms with Gasteiger partial charge in [0.25, 0.3) is 0 Å². The monoisotopic (exact) mass is 129 g/mol. The van der Waals surface area contributed by atoms with Crippen LogP contribution in [0.25, 0.3) is 0 Å². The Hall–Kier alpha value is -0.423. The fourth-order valence-electron chi connectivity index (χ4n) is 0.654. The second kappa shape index (κ2) is 4.40. The van der Waals surface area contributed by atoms with Crippen LogP contribution >= 0.6 is 0 Å². The van der Waals surface area contributed by atoms with Gasteiger partial charge in [-0.1, -0.05) is 6.07 Å². The van der Waals surface area contributed by atoms with Crippen molar-refractivity contribution in [2.75, 3.05) is 5.73 Å². The second-order valence-corrected chi connectivity index (χ2v) is 1.85. The summed E-state index contributed by atoms with van der Waals surface area (Å²) < 4.78 is 0. The first kappa shape index (κ1) is 9.58. The van der Waals surface area contributed by atoms with Crippen LogP contribution in [0, 0.1) is 6.07 Å². The van der Waals surface area contributed by atoms with Crippen LogP contribution in [0.15, 0.2) is 18.2 Å². The van der Waals surface area contributed by atoms with Crippen LogP contribution in [0.1, 0.15) is 5.56 Å². The van der Waals surface area contributed by atoms with Crippen LogP contribution in [0.4, 0.5) is 5.69 Å². The quantitative estimate of drug-likeness (QED) is 0.410. The molecule has 0 fully saturated rings. The zero-order valence-corrected chi connectivity index (χ0v) is 5.09. The van der Waals surface area contributed by atoms with Crippen LogP contribution in [-0.4, -0.2) is 18.9 Å². The topological polar surface area (TPSA) is 52.0 Å². The molecule has 0 spiro atoms. The van der Waals surface area contributed by atoms with Gasteiger partial charge in [-0.3, -0.25) is 0 Å². The van der Waals surface area contributed by atoms with Gasteiger partial charge in [0, 0.05) is 12.2 Å². The Morgan fingerprint density at radius 1 is 1.50 bits per heavy atom. The zero-order chi connectivity index (χ0) is 6.69. The van der Waals surface area contributed by atoms with Gasteiger partial charge in [0.2, 0.25) is 0 Å². The predicted molar refractivity (Wildman–Crippen MR) is 44.7 cm³/mol. The van der Waals surface area contributed by atoms with Gasteiger partial charge < -0.3 is 11.5 Å². The Morgan fingerprint density at radius 3 is 2.60 bits per heavy atom. The minimum absolute atomic E-state index is 0. The second-order valence-electron chi connectivity index (χ2n) is 1.85. The molecule has 0 unspecified atom stereocenters. The molecule has 0 heterocycles. The number of hydrogen-bond donors (Lipinski definition) is 2. The fourth-order valence-corrected chi connectivity index (χ4v) is 0.654. The van der Waals surface area contributed by atoms with Crippen molar-refractivity contribution in [3.63, 3.8) is 0 Å². The van der Waals surface area contributed by atoms with E-state index in [4.69, 9.17) is 11.5 Å². The summed E-state index contributed by atoms with van der Waals surface area (Å²) in [7, 11) is 0. The third-order valence-corrected chi connectivity index (χ3v) is 1.11. The van der Waals surface area contributed by atoms with Gasteiger partial charge in [-0.15, -0.1) is 0 Å². The van der Waals surface area contributed by atoms with Crippen molar-refractivity contribution >= 4 is 24.5 Å². The Balaban J connectivity index is 0.000000810. The van der Waals surface area contributed by atoms with Crippen molar-refractivity contribution in [2.45, 2.75) is 6.54 Å². The third-order valence-electron chi connectivity index (χ3n) is 1.11. The van der Waals surface area contributed by atoms with E-state index in [0.717, 1.165) is 11.3 Å². The van der Waals surface area contributed by atoms with Crippen LogP contribution in [-0.2, 0) is 6.54 Å². The molecule has 2 nitrogen and oxygen atoms in total. The Morgan fingerprint density at radius 2 is 2.20 bits per heavy atom. The van der Waals surface area contributed by atoms with E-state index in [0.29, 0.717) is 6.54 Å². The number of benzene rings is 1. The summed E-state index contributed by atoms with van der Waals surface area (Å²) in [6.07, 6.45) is 0. The average Bonchev–Trinajstić information content (AvgIpc) is 1.88. The van der Waals surface area contributed by atoms with Gasteiger partial charge in [0.1, 0.15) is 0 Å². The van der Waals surface area contributed by atoms with Crippen molar-refractivity contribution in [1.29, 1.82) is 0 Å². The summed E-state index contributed by atoms with van der Waals surface area (Å²) in [5.41, 5.74) is 12.5. The molecule has 0 aromatic heterocycles. The van der Waals surface area contributed by atoms with Crippen LogP contribution in [0.2, 0.25) is 0 Å². The average molecular weight is 129 g/mol. The number of nitrogen functional groups attached to an aromatic ring is 1. The first-order valence-electron chi connectivity index (χ1n) is 2.79. The molecule has 1 aromatic rings. The molecule has 4 N–H and O–H groups in total. The maximum atomic E-state index is 5.46. The molecule has 0 amide bonds. The molecule has 49 valence electrons. The molecule has 1 radical (unpaired) electrons. The van der Waals surface area contributed by atoms with E-state index >= 15 is 0 Å². The van der Waals surface area contributed by atoms with Gasteiger partial charge in [-0.2, -0.15) is 0 Å². The Bertz CT molecular complexity index is 201. The predicted octanol–water partition coefficient (Wildman–Crippen LogP) is -0.121. The maximum absolute atomic E-state index is 5.46. The van der Waals surface area contributed by atoms with E-state index < -0.39 is 0 Å². The molecule has 0 bridgehead atoms. The Labute approximate surface area is 72.8 Å². The van der Waals surface area contributed by atoms with E-state index in [1.54, 1.807) is 12.1 Å². The summed E-state index contributed by atoms with van der Waals surface area (Å²) in [6, 6.07) is 8.34. The molecule has 0 saturated carbocycles. The summed E-state index contributed by atoms with van der Waals surface area (Å²) >= 11 is 0. The van der Waals surface area contributed by atoms with E-state index in [2.05, 4.69) is 6.07 Å². The van der Waals surface area contributed by atoms with Crippen molar-refractivity contribution in [3.8, 4) is 0 Å². The van der Waals surface area contributed by atoms with E-state index in [1.807, 2.05) is 6.07 Å². The molecule has 0 aliphatic carbocycles. The molecular weight excluding hydrogens is 119 g/mol. The SMILES string of the molecule is NCc1[c]ccc(N)c1.[LiH]. The van der Waals surface area contributed by atoms with Gasteiger partial charge >= 0.3 is 18.9 Å². The van der Waals surface area contributed by atoms with Gasteiger partial charge in [-0.05, 0) is 23.8 Å². The third kappa shape index (κ3) is 2.45. The molecule has 3 heteroatoms. The fraction of sp³-hybridized carbons (Fsp3) is 0.143. The number of rotatable bonds is 1. The van der Waals surface area contributed by atoms with E-state index in [1.165, 1.54) is 0 Å². The van der Waals surface area contributed by atoms with Gasteiger partial charge in [-0.25, -0.2) is 0 Å². The zero-order valence-electron chi connectivity index (χ0n) is 5.09. The molecule has 0 aliphatic rings. The van der Waals surface area contributed by atoms with Crippen molar-refractivity contribution < 1.29 is 0 Å². The molecule has 1 aromatic carbocycles. The number of nitrogens with two attached hydrogens (primary N) is 2. The minimum atomic E-state index is 0. The molecular formula is C7H10LiN2. The van der Waals surface area contributed by atoms with Crippen molar-refractivity contribution in [1.82, 2.24) is 0 Å². The molecule has 0 aliphatic heterocycles. The van der Waals surface area contributed by atoms with Gasteiger partial charge in [0.15, 0.2) is 0 Å². The number of hydrogen-bond acceptors (Lipinski definition) is 2. The normalized spacial score (nSPS) is 8.50. The summed E-state index contributed by atoms with van der Waals surface area (Å²) in [6.45, 7) is 0.505. The van der Waals surface area contributed by atoms with Crippen molar-refractivity contribution in [2.24, 2.45) is 5.73 Å². The van der Waals surface area contributed by atoms with E-state index in [-0.39, 0.29) is 18.9 Å². The van der Waals surface area contributed by atoms with Crippen LogP contribution < -0.4 is 11.5 Å². The van der Waals surface area contributed by atoms with Crippen LogP contribution in [0.5, 0.6) is 0 Å². The summed E-state index contributed by atoms with van der Waals surface area (Å²) in [5.74, 6) is 0. The van der Waals surface area contributed by atoms with Crippen LogP contribution in [0.3, 0.4) is 0 Å². The first-order valence-corrected chi connectivity index (χ1v) is 2.79.